The van der Waals surface area contributed by atoms with E-state index in [2.05, 4.69) is 29.6 Å². The van der Waals surface area contributed by atoms with Gasteiger partial charge in [0.25, 0.3) is 0 Å². The summed E-state index contributed by atoms with van der Waals surface area (Å²) in [5.74, 6) is 0.669. The SMILES string of the molecule is O=C(CC1=CC=C(c2ccccc2)CC1)NCc1cc(O)cc(OCc2ccccc2)c1. The molecule has 4 rings (SSSR count). The predicted octanol–water partition coefficient (Wildman–Crippen LogP) is 5.78. The van der Waals surface area contributed by atoms with E-state index in [0.717, 1.165) is 29.5 Å². The van der Waals surface area contributed by atoms with Gasteiger partial charge in [-0.1, -0.05) is 78.4 Å². The number of aromatic hydroxyl groups is 1. The number of carbonyl (C=O) groups excluding carboxylic acids is 1. The quantitative estimate of drug-likeness (QED) is 0.481. The van der Waals surface area contributed by atoms with Gasteiger partial charge in [0.15, 0.2) is 0 Å². The van der Waals surface area contributed by atoms with Crippen LogP contribution in [0.25, 0.3) is 5.57 Å². The van der Waals surface area contributed by atoms with E-state index in [1.165, 1.54) is 11.1 Å². The number of nitrogens with one attached hydrogen (secondary N) is 1. The smallest absolute Gasteiger partial charge is 0.224 e. The number of ether oxygens (including phenoxy) is 1. The summed E-state index contributed by atoms with van der Waals surface area (Å²) in [6, 6.07) is 25.3. The summed E-state index contributed by atoms with van der Waals surface area (Å²) in [6.07, 6.45) is 6.40. The number of benzene rings is 3. The van der Waals surface area contributed by atoms with Crippen molar-refractivity contribution < 1.29 is 14.6 Å². The Bertz CT molecular complexity index is 1120. The largest absolute Gasteiger partial charge is 0.508 e. The molecule has 0 aliphatic heterocycles. The molecule has 2 N–H and O–H groups in total. The Morgan fingerprint density at radius 3 is 2.34 bits per heavy atom. The maximum Gasteiger partial charge on any atom is 0.224 e. The fraction of sp³-hybridized carbons (Fsp3) is 0.179. The third-order valence-electron chi connectivity index (χ3n) is 5.46. The monoisotopic (exact) mass is 425 g/mol. The molecule has 3 aromatic carbocycles. The van der Waals surface area contributed by atoms with Crippen LogP contribution in [-0.4, -0.2) is 11.0 Å². The van der Waals surface area contributed by atoms with Crippen molar-refractivity contribution in [2.45, 2.75) is 32.4 Å². The van der Waals surface area contributed by atoms with Gasteiger partial charge in [-0.05, 0) is 47.2 Å². The van der Waals surface area contributed by atoms with E-state index < -0.39 is 0 Å². The highest BCUT2D eigenvalue weighted by molar-refractivity contribution is 5.79. The fourth-order valence-corrected chi connectivity index (χ4v) is 3.76. The highest BCUT2D eigenvalue weighted by Gasteiger charge is 2.12. The molecule has 0 unspecified atom stereocenters. The molecule has 32 heavy (non-hydrogen) atoms. The van der Waals surface area contributed by atoms with Gasteiger partial charge in [0.1, 0.15) is 18.1 Å². The molecule has 162 valence electrons. The van der Waals surface area contributed by atoms with Crippen molar-refractivity contribution in [1.29, 1.82) is 0 Å². The van der Waals surface area contributed by atoms with Crippen molar-refractivity contribution in [3.8, 4) is 11.5 Å². The average Bonchev–Trinajstić information content (AvgIpc) is 2.83. The zero-order valence-electron chi connectivity index (χ0n) is 18.0. The first-order chi connectivity index (χ1) is 15.7. The fourth-order valence-electron chi connectivity index (χ4n) is 3.76. The van der Waals surface area contributed by atoms with Crippen LogP contribution in [0.15, 0.2) is 96.6 Å². The van der Waals surface area contributed by atoms with Crippen LogP contribution in [0.4, 0.5) is 0 Å². The summed E-state index contributed by atoms with van der Waals surface area (Å²) in [5, 5.41) is 13.0. The minimum absolute atomic E-state index is 0.0251. The van der Waals surface area contributed by atoms with E-state index >= 15 is 0 Å². The first-order valence-corrected chi connectivity index (χ1v) is 10.9. The van der Waals surface area contributed by atoms with Crippen LogP contribution in [0.2, 0.25) is 0 Å². The number of amides is 1. The molecule has 0 atom stereocenters. The molecule has 0 saturated heterocycles. The molecule has 0 aromatic heterocycles. The van der Waals surface area contributed by atoms with Crippen LogP contribution in [0, 0.1) is 0 Å². The third-order valence-corrected chi connectivity index (χ3v) is 5.46. The molecule has 0 bridgehead atoms. The Hall–Kier alpha value is -3.79. The van der Waals surface area contributed by atoms with E-state index in [9.17, 15) is 9.90 Å². The van der Waals surface area contributed by atoms with Crippen molar-refractivity contribution in [3.05, 3.63) is 113 Å². The van der Waals surface area contributed by atoms with Crippen LogP contribution in [0.5, 0.6) is 11.5 Å². The van der Waals surface area contributed by atoms with Gasteiger partial charge in [-0.15, -0.1) is 0 Å². The molecule has 0 fully saturated rings. The molecule has 0 radical (unpaired) electrons. The van der Waals surface area contributed by atoms with Crippen LogP contribution in [0.3, 0.4) is 0 Å². The minimum Gasteiger partial charge on any atom is -0.508 e. The van der Waals surface area contributed by atoms with Gasteiger partial charge in [-0.2, -0.15) is 0 Å². The Labute approximate surface area is 188 Å². The minimum atomic E-state index is -0.0251. The van der Waals surface area contributed by atoms with Crippen LogP contribution >= 0.6 is 0 Å². The number of phenols is 1. The van der Waals surface area contributed by atoms with Gasteiger partial charge < -0.3 is 15.2 Å². The lowest BCUT2D eigenvalue weighted by atomic mass is 9.92. The second kappa shape index (κ2) is 10.5. The normalized spacial score (nSPS) is 13.1. The highest BCUT2D eigenvalue weighted by Crippen LogP contribution is 2.28. The van der Waals surface area contributed by atoms with E-state index in [1.807, 2.05) is 54.6 Å². The molecule has 1 aliphatic carbocycles. The molecule has 0 saturated carbocycles. The molecule has 0 heterocycles. The second-order valence-corrected chi connectivity index (χ2v) is 7.95. The zero-order chi connectivity index (χ0) is 22.2. The summed E-state index contributed by atoms with van der Waals surface area (Å²) in [5.41, 5.74) is 5.52. The molecule has 1 amide bonds. The summed E-state index contributed by atoms with van der Waals surface area (Å²) < 4.78 is 5.80. The number of hydrogen-bond acceptors (Lipinski definition) is 3. The highest BCUT2D eigenvalue weighted by atomic mass is 16.5. The molecule has 4 nitrogen and oxygen atoms in total. The van der Waals surface area contributed by atoms with Gasteiger partial charge in [0.05, 0.1) is 0 Å². The lowest BCUT2D eigenvalue weighted by Gasteiger charge is -2.15. The van der Waals surface area contributed by atoms with E-state index in [4.69, 9.17) is 4.74 Å². The van der Waals surface area contributed by atoms with Gasteiger partial charge in [-0.25, -0.2) is 0 Å². The van der Waals surface area contributed by atoms with E-state index in [0.29, 0.717) is 25.3 Å². The predicted molar refractivity (Wildman–Crippen MR) is 127 cm³/mol. The summed E-state index contributed by atoms with van der Waals surface area (Å²) in [4.78, 5) is 12.5. The average molecular weight is 426 g/mol. The molecular weight excluding hydrogens is 398 g/mol. The van der Waals surface area contributed by atoms with Crippen molar-refractivity contribution in [1.82, 2.24) is 5.32 Å². The standard InChI is InChI=1S/C28H27NO3/c30-26-15-23(16-27(18-26)32-20-22-7-3-1-4-8-22)19-29-28(31)17-21-11-13-25(14-12-21)24-9-5-2-6-10-24/h1-11,13,15-16,18,30H,12,14,17,19-20H2,(H,29,31). The third kappa shape index (κ3) is 6.11. The molecule has 3 aromatic rings. The molecular formula is C28H27NO3. The number of allylic oxidation sites excluding steroid dienone is 3. The van der Waals surface area contributed by atoms with Gasteiger partial charge in [0, 0.05) is 19.0 Å². The number of phenolic OH excluding ortho intramolecular Hbond substituents is 1. The summed E-state index contributed by atoms with van der Waals surface area (Å²) in [7, 11) is 0. The first kappa shape index (κ1) is 21.4. The Morgan fingerprint density at radius 1 is 0.875 bits per heavy atom. The van der Waals surface area contributed by atoms with Crippen LogP contribution < -0.4 is 10.1 Å². The molecule has 1 aliphatic rings. The summed E-state index contributed by atoms with van der Waals surface area (Å²) in [6.45, 7) is 0.760. The number of rotatable bonds is 8. The van der Waals surface area contributed by atoms with Gasteiger partial charge in [0.2, 0.25) is 5.91 Å². The van der Waals surface area contributed by atoms with Crippen molar-refractivity contribution in [2.75, 3.05) is 0 Å². The maximum absolute atomic E-state index is 12.5. The van der Waals surface area contributed by atoms with E-state index in [1.54, 1.807) is 12.1 Å². The van der Waals surface area contributed by atoms with Crippen LogP contribution in [0.1, 0.15) is 36.0 Å². The zero-order valence-corrected chi connectivity index (χ0v) is 18.0. The van der Waals surface area contributed by atoms with Gasteiger partial charge in [-0.3, -0.25) is 4.79 Å². The molecule has 0 spiro atoms. The lowest BCUT2D eigenvalue weighted by Crippen LogP contribution is -2.23. The number of hydrogen-bond donors (Lipinski definition) is 2. The lowest BCUT2D eigenvalue weighted by molar-refractivity contribution is -0.120. The van der Waals surface area contributed by atoms with Crippen molar-refractivity contribution >= 4 is 11.5 Å². The first-order valence-electron chi connectivity index (χ1n) is 10.9. The Kier molecular flexibility index (Phi) is 7.03. The summed E-state index contributed by atoms with van der Waals surface area (Å²) >= 11 is 0. The van der Waals surface area contributed by atoms with E-state index in [-0.39, 0.29) is 11.7 Å². The topological polar surface area (TPSA) is 58.6 Å². The van der Waals surface area contributed by atoms with Crippen molar-refractivity contribution in [2.24, 2.45) is 0 Å². The van der Waals surface area contributed by atoms with Crippen LogP contribution in [-0.2, 0) is 17.9 Å². The Morgan fingerprint density at radius 2 is 1.62 bits per heavy atom. The number of carbonyl (C=O) groups is 1. The van der Waals surface area contributed by atoms with Gasteiger partial charge >= 0.3 is 0 Å². The maximum atomic E-state index is 12.5. The molecule has 4 heteroatoms. The van der Waals surface area contributed by atoms with Crippen molar-refractivity contribution in [3.63, 3.8) is 0 Å². The Balaban J connectivity index is 1.30. The second-order valence-electron chi connectivity index (χ2n) is 7.95.